The van der Waals surface area contributed by atoms with Crippen molar-refractivity contribution in [3.05, 3.63) is 95.1 Å². The first-order valence-electron chi connectivity index (χ1n) is 9.54. The minimum Gasteiger partial charge on any atom is -0.507 e. The lowest BCUT2D eigenvalue weighted by Crippen LogP contribution is -2.29. The molecule has 1 aliphatic heterocycles. The summed E-state index contributed by atoms with van der Waals surface area (Å²) in [6, 6.07) is 12.9. The molecule has 7 heteroatoms. The molecule has 1 amide bonds. The number of aryl methyl sites for hydroxylation is 1. The molecule has 1 aromatic heterocycles. The summed E-state index contributed by atoms with van der Waals surface area (Å²) in [5.74, 6) is -2.13. The highest BCUT2D eigenvalue weighted by molar-refractivity contribution is 6.51. The zero-order chi connectivity index (χ0) is 22.1. The molecule has 1 aliphatic rings. The van der Waals surface area contributed by atoms with Crippen molar-refractivity contribution >= 4 is 23.1 Å². The average molecular weight is 418 g/mol. The molecule has 1 unspecified atom stereocenters. The van der Waals surface area contributed by atoms with E-state index >= 15 is 0 Å². The molecule has 1 N–H and O–H groups in total. The Bertz CT molecular complexity index is 1190. The molecule has 1 fully saturated rings. The molecule has 156 valence electrons. The van der Waals surface area contributed by atoms with Gasteiger partial charge in [-0.15, -0.1) is 0 Å². The summed E-state index contributed by atoms with van der Waals surface area (Å²) in [6.45, 7) is 1.84. The molecule has 0 radical (unpaired) electrons. The molecule has 0 spiro atoms. The summed E-state index contributed by atoms with van der Waals surface area (Å²) in [5.41, 5.74) is 1.90. The van der Waals surface area contributed by atoms with Crippen LogP contribution in [0.2, 0.25) is 0 Å². The van der Waals surface area contributed by atoms with Gasteiger partial charge in [0.1, 0.15) is 17.3 Å². The highest BCUT2D eigenvalue weighted by Crippen LogP contribution is 2.43. The van der Waals surface area contributed by atoms with Crippen LogP contribution in [0.3, 0.4) is 0 Å². The lowest BCUT2D eigenvalue weighted by molar-refractivity contribution is -0.132. The monoisotopic (exact) mass is 418 g/mol. The van der Waals surface area contributed by atoms with Crippen molar-refractivity contribution in [1.82, 2.24) is 4.98 Å². The van der Waals surface area contributed by atoms with Gasteiger partial charge in [-0.2, -0.15) is 0 Å². The van der Waals surface area contributed by atoms with Crippen LogP contribution in [0.15, 0.2) is 72.6 Å². The number of anilines is 1. The molecule has 1 atom stereocenters. The van der Waals surface area contributed by atoms with Gasteiger partial charge in [-0.05, 0) is 55.0 Å². The zero-order valence-corrected chi connectivity index (χ0v) is 16.9. The van der Waals surface area contributed by atoms with E-state index in [1.54, 1.807) is 30.5 Å². The maximum atomic E-state index is 13.5. The number of hydrogen-bond donors (Lipinski definition) is 1. The van der Waals surface area contributed by atoms with Crippen molar-refractivity contribution in [2.24, 2.45) is 0 Å². The Balaban J connectivity index is 1.97. The molecule has 31 heavy (non-hydrogen) atoms. The number of methoxy groups -OCH3 is 1. The SMILES string of the molecule is COc1ccc(C)cc1/C(O)=C1\C(=O)C(=O)N(c2ccc(F)cc2)C1c1cccnc1. The molecule has 4 rings (SSSR count). The average Bonchev–Trinajstić information content (AvgIpc) is 3.05. The first-order valence-corrected chi connectivity index (χ1v) is 9.54. The molecule has 1 saturated heterocycles. The third-order valence-corrected chi connectivity index (χ3v) is 5.16. The first kappa shape index (κ1) is 20.3. The van der Waals surface area contributed by atoms with Crippen molar-refractivity contribution < 1.29 is 23.8 Å². The van der Waals surface area contributed by atoms with Crippen molar-refractivity contribution in [3.63, 3.8) is 0 Å². The number of aliphatic hydroxyl groups excluding tert-OH is 1. The zero-order valence-electron chi connectivity index (χ0n) is 16.9. The summed E-state index contributed by atoms with van der Waals surface area (Å²) in [7, 11) is 1.46. The summed E-state index contributed by atoms with van der Waals surface area (Å²) in [6.07, 6.45) is 3.09. The van der Waals surface area contributed by atoms with Crippen LogP contribution in [0, 0.1) is 12.7 Å². The number of ether oxygens (including phenoxy) is 1. The topological polar surface area (TPSA) is 79.7 Å². The van der Waals surface area contributed by atoms with E-state index in [1.807, 2.05) is 13.0 Å². The number of carbonyl (C=O) groups excluding carboxylic acids is 2. The Morgan fingerprint density at radius 3 is 2.52 bits per heavy atom. The normalized spacial score (nSPS) is 17.8. The second-order valence-electron chi connectivity index (χ2n) is 7.14. The maximum Gasteiger partial charge on any atom is 0.300 e. The minimum atomic E-state index is -0.940. The smallest absolute Gasteiger partial charge is 0.300 e. The number of nitrogens with zero attached hydrogens (tertiary/aromatic N) is 2. The highest BCUT2D eigenvalue weighted by Gasteiger charge is 2.47. The standard InChI is InChI=1S/C24H19FN2O4/c1-14-5-10-19(31-2)18(12-14)22(28)20-21(15-4-3-11-26-13-15)27(24(30)23(20)29)17-8-6-16(25)7-9-17/h3-13,21,28H,1-2H3/b22-20+. The lowest BCUT2D eigenvalue weighted by Gasteiger charge is -2.25. The summed E-state index contributed by atoms with van der Waals surface area (Å²) in [4.78, 5) is 31.5. The van der Waals surface area contributed by atoms with E-state index in [-0.39, 0.29) is 11.3 Å². The molecule has 0 saturated carbocycles. The van der Waals surface area contributed by atoms with Crippen LogP contribution < -0.4 is 9.64 Å². The van der Waals surface area contributed by atoms with E-state index in [0.717, 1.165) is 5.56 Å². The number of amides is 1. The molecule has 2 heterocycles. The van der Waals surface area contributed by atoms with Gasteiger partial charge in [0.05, 0.1) is 24.3 Å². The van der Waals surface area contributed by atoms with Gasteiger partial charge in [-0.25, -0.2) is 4.39 Å². The van der Waals surface area contributed by atoms with Gasteiger partial charge in [0.2, 0.25) is 0 Å². The molecule has 0 bridgehead atoms. The number of carbonyl (C=O) groups is 2. The predicted molar refractivity (Wildman–Crippen MR) is 113 cm³/mol. The molecule has 6 nitrogen and oxygen atoms in total. The number of Topliss-reactive ketones (excluding diaryl/α,β-unsaturated/α-hetero) is 1. The van der Waals surface area contributed by atoms with E-state index < -0.39 is 23.5 Å². The number of ketones is 1. The van der Waals surface area contributed by atoms with Crippen molar-refractivity contribution in [1.29, 1.82) is 0 Å². The second kappa shape index (κ2) is 8.02. The predicted octanol–water partition coefficient (Wildman–Crippen LogP) is 4.16. The fourth-order valence-electron chi connectivity index (χ4n) is 3.71. The van der Waals surface area contributed by atoms with Gasteiger partial charge < -0.3 is 9.84 Å². The van der Waals surface area contributed by atoms with Gasteiger partial charge in [-0.3, -0.25) is 19.5 Å². The van der Waals surface area contributed by atoms with Crippen LogP contribution in [0.1, 0.15) is 22.7 Å². The molecular formula is C24H19FN2O4. The Kier molecular flexibility index (Phi) is 5.25. The van der Waals surface area contributed by atoms with Gasteiger partial charge in [0, 0.05) is 18.1 Å². The Hall–Kier alpha value is -4.00. The van der Waals surface area contributed by atoms with E-state index in [1.165, 1.54) is 42.5 Å². The summed E-state index contributed by atoms with van der Waals surface area (Å²) < 4.78 is 18.8. The molecule has 3 aromatic rings. The number of aromatic nitrogens is 1. The lowest BCUT2D eigenvalue weighted by atomic mass is 9.95. The summed E-state index contributed by atoms with van der Waals surface area (Å²) >= 11 is 0. The van der Waals surface area contributed by atoms with Gasteiger partial charge in [0.15, 0.2) is 0 Å². The molecule has 2 aromatic carbocycles. The number of pyridine rings is 1. The fourth-order valence-corrected chi connectivity index (χ4v) is 3.71. The van der Waals surface area contributed by atoms with Gasteiger partial charge in [-0.1, -0.05) is 17.7 Å². The van der Waals surface area contributed by atoms with E-state index in [4.69, 9.17) is 4.74 Å². The van der Waals surface area contributed by atoms with E-state index in [2.05, 4.69) is 4.98 Å². The quantitative estimate of drug-likeness (QED) is 0.391. The molecular weight excluding hydrogens is 399 g/mol. The van der Waals surface area contributed by atoms with Gasteiger partial charge in [0.25, 0.3) is 11.7 Å². The minimum absolute atomic E-state index is 0.0915. The largest absolute Gasteiger partial charge is 0.507 e. The number of halogens is 1. The number of benzene rings is 2. The highest BCUT2D eigenvalue weighted by atomic mass is 19.1. The Morgan fingerprint density at radius 1 is 1.13 bits per heavy atom. The van der Waals surface area contributed by atoms with Crippen LogP contribution in [0.5, 0.6) is 5.75 Å². The number of rotatable bonds is 4. The van der Waals surface area contributed by atoms with Crippen molar-refractivity contribution in [2.45, 2.75) is 13.0 Å². The van der Waals surface area contributed by atoms with Crippen LogP contribution in [-0.4, -0.2) is 28.9 Å². The third kappa shape index (κ3) is 3.54. The molecule has 0 aliphatic carbocycles. The van der Waals surface area contributed by atoms with Crippen LogP contribution >= 0.6 is 0 Å². The maximum absolute atomic E-state index is 13.5. The summed E-state index contributed by atoms with van der Waals surface area (Å²) in [5, 5.41) is 11.2. The van der Waals surface area contributed by atoms with Crippen LogP contribution in [0.25, 0.3) is 5.76 Å². The first-order chi connectivity index (χ1) is 14.9. The van der Waals surface area contributed by atoms with E-state index in [9.17, 15) is 19.1 Å². The number of aliphatic hydroxyl groups is 1. The van der Waals surface area contributed by atoms with Gasteiger partial charge >= 0.3 is 0 Å². The van der Waals surface area contributed by atoms with Crippen molar-refractivity contribution in [3.8, 4) is 5.75 Å². The number of hydrogen-bond acceptors (Lipinski definition) is 5. The Labute approximate surface area is 178 Å². The fraction of sp³-hybridized carbons (Fsp3) is 0.125. The third-order valence-electron chi connectivity index (χ3n) is 5.16. The van der Waals surface area contributed by atoms with E-state index in [0.29, 0.717) is 22.6 Å². The Morgan fingerprint density at radius 2 is 1.87 bits per heavy atom. The van der Waals surface area contributed by atoms with Crippen LogP contribution in [0.4, 0.5) is 10.1 Å². The van der Waals surface area contributed by atoms with Crippen LogP contribution in [-0.2, 0) is 9.59 Å². The second-order valence-corrected chi connectivity index (χ2v) is 7.14. The van der Waals surface area contributed by atoms with Crippen molar-refractivity contribution in [2.75, 3.05) is 12.0 Å².